The lowest BCUT2D eigenvalue weighted by molar-refractivity contribution is 1.02. The highest BCUT2D eigenvalue weighted by Crippen LogP contribution is 2.19. The van der Waals surface area contributed by atoms with E-state index in [1.54, 1.807) is 18.2 Å². The number of hydrogen-bond donors (Lipinski definition) is 2. The molecule has 1 aromatic heterocycles. The quantitative estimate of drug-likeness (QED) is 0.857. The molecule has 2 rings (SSSR count). The number of nitrogen functional groups attached to an aromatic ring is 1. The Labute approximate surface area is 103 Å². The second kappa shape index (κ2) is 4.59. The third kappa shape index (κ3) is 2.31. The fraction of sp³-hybridized carbons (Fsp3) is 0.167. The molecule has 0 aliphatic carbocycles. The van der Waals surface area contributed by atoms with Gasteiger partial charge in [-0.15, -0.1) is 0 Å². The third-order valence-electron chi connectivity index (χ3n) is 2.50. The van der Waals surface area contributed by atoms with Gasteiger partial charge in [-0.05, 0) is 18.6 Å². The van der Waals surface area contributed by atoms with Crippen molar-refractivity contribution in [3.05, 3.63) is 45.2 Å². The van der Waals surface area contributed by atoms with Crippen molar-refractivity contribution >= 4 is 17.4 Å². The molecule has 17 heavy (non-hydrogen) atoms. The van der Waals surface area contributed by atoms with Crippen molar-refractivity contribution in [1.29, 1.82) is 0 Å². The summed E-state index contributed by atoms with van der Waals surface area (Å²) in [5, 5.41) is 0.586. The maximum Gasteiger partial charge on any atom is 0.256 e. The monoisotopic (exact) mass is 249 g/mol. The van der Waals surface area contributed by atoms with E-state index < -0.39 is 0 Å². The summed E-state index contributed by atoms with van der Waals surface area (Å²) in [6.45, 7) is 1.86. The predicted molar refractivity (Wildman–Crippen MR) is 69.1 cm³/mol. The third-order valence-corrected chi connectivity index (χ3v) is 2.73. The highest BCUT2D eigenvalue weighted by Gasteiger charge is 2.08. The van der Waals surface area contributed by atoms with E-state index in [0.717, 1.165) is 5.56 Å². The summed E-state index contributed by atoms with van der Waals surface area (Å²) >= 11 is 5.88. The van der Waals surface area contributed by atoms with E-state index in [2.05, 4.69) is 9.97 Å². The maximum atomic E-state index is 11.7. The molecule has 0 radical (unpaired) electrons. The lowest BCUT2D eigenvalue weighted by Crippen LogP contribution is -2.17. The van der Waals surface area contributed by atoms with Crippen LogP contribution in [0.25, 0.3) is 11.4 Å². The van der Waals surface area contributed by atoms with E-state index in [0.29, 0.717) is 22.8 Å². The number of aromatic amines is 1. The Balaban J connectivity index is 2.58. The topological polar surface area (TPSA) is 71.8 Å². The van der Waals surface area contributed by atoms with E-state index in [9.17, 15) is 4.79 Å². The molecule has 1 heterocycles. The van der Waals surface area contributed by atoms with Gasteiger partial charge in [0.15, 0.2) is 0 Å². The SMILES string of the molecule is CCc1c(N)nc(-c2cccc(Cl)c2)[nH]c1=O. The summed E-state index contributed by atoms with van der Waals surface area (Å²) in [4.78, 5) is 18.6. The Kier molecular flexibility index (Phi) is 3.15. The molecule has 0 aliphatic heterocycles. The summed E-state index contributed by atoms with van der Waals surface area (Å²) in [5.74, 6) is 0.707. The van der Waals surface area contributed by atoms with E-state index in [1.807, 2.05) is 13.0 Å². The van der Waals surface area contributed by atoms with Gasteiger partial charge < -0.3 is 10.7 Å². The van der Waals surface area contributed by atoms with E-state index >= 15 is 0 Å². The molecule has 0 saturated heterocycles. The van der Waals surface area contributed by atoms with Gasteiger partial charge in [0, 0.05) is 10.6 Å². The highest BCUT2D eigenvalue weighted by molar-refractivity contribution is 6.30. The average Bonchev–Trinajstić information content (AvgIpc) is 2.28. The molecular formula is C12H12ClN3O. The summed E-state index contributed by atoms with van der Waals surface area (Å²) in [6.07, 6.45) is 0.560. The van der Waals surface area contributed by atoms with Gasteiger partial charge in [-0.2, -0.15) is 0 Å². The number of nitrogens with zero attached hydrogens (tertiary/aromatic N) is 1. The van der Waals surface area contributed by atoms with Gasteiger partial charge in [0.05, 0.1) is 5.56 Å². The van der Waals surface area contributed by atoms with Crippen LogP contribution in [0.15, 0.2) is 29.1 Å². The second-order valence-electron chi connectivity index (χ2n) is 3.64. The molecule has 2 aromatic rings. The van der Waals surface area contributed by atoms with Gasteiger partial charge in [0.25, 0.3) is 5.56 Å². The number of anilines is 1. The minimum Gasteiger partial charge on any atom is -0.383 e. The first kappa shape index (κ1) is 11.7. The van der Waals surface area contributed by atoms with Gasteiger partial charge in [-0.3, -0.25) is 4.79 Å². The van der Waals surface area contributed by atoms with Crippen LogP contribution in [0.4, 0.5) is 5.82 Å². The zero-order chi connectivity index (χ0) is 12.4. The van der Waals surface area contributed by atoms with Crippen LogP contribution in [0.1, 0.15) is 12.5 Å². The van der Waals surface area contributed by atoms with Gasteiger partial charge >= 0.3 is 0 Å². The maximum absolute atomic E-state index is 11.7. The standard InChI is InChI=1S/C12H12ClN3O/c1-2-9-10(14)15-11(16-12(9)17)7-4-3-5-8(13)6-7/h3-6H,2H2,1H3,(H3,14,15,16,17). The van der Waals surface area contributed by atoms with Crippen LogP contribution < -0.4 is 11.3 Å². The minimum atomic E-state index is -0.199. The molecule has 0 saturated carbocycles. The van der Waals surface area contributed by atoms with Crippen LogP contribution in [0.3, 0.4) is 0 Å². The van der Waals surface area contributed by atoms with Crippen molar-refractivity contribution < 1.29 is 0 Å². The van der Waals surface area contributed by atoms with Crippen LogP contribution in [0.5, 0.6) is 0 Å². The van der Waals surface area contributed by atoms with E-state index in [4.69, 9.17) is 17.3 Å². The molecule has 4 nitrogen and oxygen atoms in total. The minimum absolute atomic E-state index is 0.199. The number of benzene rings is 1. The summed E-state index contributed by atoms with van der Waals surface area (Å²) < 4.78 is 0. The molecule has 88 valence electrons. The van der Waals surface area contributed by atoms with Crippen molar-refractivity contribution in [1.82, 2.24) is 9.97 Å². The molecule has 0 spiro atoms. The van der Waals surface area contributed by atoms with E-state index in [1.165, 1.54) is 0 Å². The molecule has 0 unspecified atom stereocenters. The number of nitrogens with one attached hydrogen (secondary N) is 1. The summed E-state index contributed by atoms with van der Waals surface area (Å²) in [5.41, 5.74) is 6.79. The Morgan fingerprint density at radius 2 is 2.24 bits per heavy atom. The molecule has 0 fully saturated rings. The van der Waals surface area contributed by atoms with Crippen LogP contribution >= 0.6 is 11.6 Å². The Hall–Kier alpha value is -1.81. The first-order chi connectivity index (χ1) is 8.11. The number of aromatic nitrogens is 2. The lowest BCUT2D eigenvalue weighted by Gasteiger charge is -2.05. The number of nitrogens with two attached hydrogens (primary N) is 1. The summed E-state index contributed by atoms with van der Waals surface area (Å²) in [6, 6.07) is 7.09. The van der Waals surface area contributed by atoms with E-state index in [-0.39, 0.29) is 11.4 Å². The van der Waals surface area contributed by atoms with Crippen LogP contribution in [-0.2, 0) is 6.42 Å². The molecule has 0 amide bonds. The molecule has 5 heteroatoms. The molecule has 3 N–H and O–H groups in total. The Bertz CT molecular complexity index is 607. The first-order valence-electron chi connectivity index (χ1n) is 5.26. The zero-order valence-electron chi connectivity index (χ0n) is 9.33. The van der Waals surface area contributed by atoms with Crippen molar-refractivity contribution in [3.63, 3.8) is 0 Å². The fourth-order valence-corrected chi connectivity index (χ4v) is 1.82. The zero-order valence-corrected chi connectivity index (χ0v) is 10.1. The van der Waals surface area contributed by atoms with Crippen molar-refractivity contribution in [2.24, 2.45) is 0 Å². The lowest BCUT2D eigenvalue weighted by atomic mass is 10.2. The predicted octanol–water partition coefficient (Wildman–Crippen LogP) is 2.23. The van der Waals surface area contributed by atoms with Gasteiger partial charge in [-0.1, -0.05) is 30.7 Å². The smallest absolute Gasteiger partial charge is 0.256 e. The largest absolute Gasteiger partial charge is 0.383 e. The molecular weight excluding hydrogens is 238 g/mol. The Morgan fingerprint density at radius 1 is 1.47 bits per heavy atom. The van der Waals surface area contributed by atoms with Gasteiger partial charge in [0.1, 0.15) is 11.6 Å². The molecule has 0 bridgehead atoms. The Morgan fingerprint density at radius 3 is 2.82 bits per heavy atom. The van der Waals surface area contributed by atoms with Crippen molar-refractivity contribution in [2.45, 2.75) is 13.3 Å². The molecule has 1 aromatic carbocycles. The van der Waals surface area contributed by atoms with Crippen molar-refractivity contribution in [3.8, 4) is 11.4 Å². The molecule has 0 aliphatic rings. The van der Waals surface area contributed by atoms with Gasteiger partial charge in [-0.25, -0.2) is 4.98 Å². The number of H-pyrrole nitrogens is 1. The number of hydrogen-bond acceptors (Lipinski definition) is 3. The number of halogens is 1. The summed E-state index contributed by atoms with van der Waals surface area (Å²) in [7, 11) is 0. The fourth-order valence-electron chi connectivity index (χ4n) is 1.63. The van der Waals surface area contributed by atoms with Crippen molar-refractivity contribution in [2.75, 3.05) is 5.73 Å². The molecule has 0 atom stereocenters. The number of rotatable bonds is 2. The normalized spacial score (nSPS) is 10.5. The van der Waals surface area contributed by atoms with Crippen LogP contribution in [-0.4, -0.2) is 9.97 Å². The first-order valence-corrected chi connectivity index (χ1v) is 5.64. The van der Waals surface area contributed by atoms with Gasteiger partial charge in [0.2, 0.25) is 0 Å². The average molecular weight is 250 g/mol. The highest BCUT2D eigenvalue weighted by atomic mass is 35.5. The second-order valence-corrected chi connectivity index (χ2v) is 4.08. The van der Waals surface area contributed by atoms with Crippen LogP contribution in [0, 0.1) is 0 Å². The van der Waals surface area contributed by atoms with Crippen LogP contribution in [0.2, 0.25) is 5.02 Å².